The largest absolute Gasteiger partial charge is 0.389 e. The molecule has 1 fully saturated rings. The molecule has 0 radical (unpaired) electrons. The number of likely N-dealkylation sites (N-methyl/N-ethyl adjacent to an activating group) is 1. The fraction of sp³-hybridized carbons (Fsp3) is 0.533. The van der Waals surface area contributed by atoms with E-state index in [2.05, 4.69) is 21.2 Å². The van der Waals surface area contributed by atoms with Gasteiger partial charge in [0.25, 0.3) is 0 Å². The first kappa shape index (κ1) is 16.3. The summed E-state index contributed by atoms with van der Waals surface area (Å²) in [6.45, 7) is 5.90. The number of anilines is 1. The van der Waals surface area contributed by atoms with E-state index in [9.17, 15) is 9.90 Å². The number of morpholine rings is 1. The van der Waals surface area contributed by atoms with Gasteiger partial charge in [-0.25, -0.2) is 0 Å². The van der Waals surface area contributed by atoms with E-state index in [4.69, 9.17) is 4.74 Å². The molecule has 1 saturated heterocycles. The first-order valence-corrected chi connectivity index (χ1v) is 7.93. The number of carbonyl (C=O) groups is 1. The van der Waals surface area contributed by atoms with Gasteiger partial charge in [0.15, 0.2) is 0 Å². The average molecular weight is 357 g/mol. The molecule has 0 saturated carbocycles. The predicted molar refractivity (Wildman–Crippen MR) is 85.4 cm³/mol. The van der Waals surface area contributed by atoms with Gasteiger partial charge in [-0.2, -0.15) is 0 Å². The molecule has 1 amide bonds. The van der Waals surface area contributed by atoms with Gasteiger partial charge >= 0.3 is 0 Å². The third-order valence-corrected chi connectivity index (χ3v) is 4.23. The highest BCUT2D eigenvalue weighted by atomic mass is 79.9. The van der Waals surface area contributed by atoms with Crippen molar-refractivity contribution in [2.75, 3.05) is 31.2 Å². The van der Waals surface area contributed by atoms with Crippen molar-refractivity contribution < 1.29 is 14.6 Å². The molecule has 0 bridgehead atoms. The van der Waals surface area contributed by atoms with Gasteiger partial charge in [-0.3, -0.25) is 4.79 Å². The van der Waals surface area contributed by atoms with E-state index in [1.165, 1.54) is 0 Å². The summed E-state index contributed by atoms with van der Waals surface area (Å²) >= 11 is 3.48. The summed E-state index contributed by atoms with van der Waals surface area (Å²) < 4.78 is 6.28. The van der Waals surface area contributed by atoms with E-state index in [1.807, 2.05) is 30.0 Å². The molecule has 1 aliphatic rings. The van der Waals surface area contributed by atoms with Crippen molar-refractivity contribution in [2.45, 2.75) is 26.0 Å². The molecule has 1 heterocycles. The van der Waals surface area contributed by atoms with Crippen molar-refractivity contribution in [2.24, 2.45) is 0 Å². The van der Waals surface area contributed by atoms with E-state index in [1.54, 1.807) is 6.92 Å². The van der Waals surface area contributed by atoms with Crippen LogP contribution in [0, 0.1) is 0 Å². The summed E-state index contributed by atoms with van der Waals surface area (Å²) in [7, 11) is 0. The summed E-state index contributed by atoms with van der Waals surface area (Å²) in [5.41, 5.74) is 1.78. The molecule has 2 rings (SSSR count). The minimum absolute atomic E-state index is 0.0204. The Morgan fingerprint density at radius 3 is 3.00 bits per heavy atom. The number of aliphatic hydroxyl groups is 1. The second kappa shape index (κ2) is 7.24. The fourth-order valence-electron chi connectivity index (χ4n) is 2.46. The van der Waals surface area contributed by atoms with Gasteiger partial charge in [0, 0.05) is 23.2 Å². The predicted octanol–water partition coefficient (Wildman–Crippen LogP) is 1.84. The molecule has 0 aromatic heterocycles. The van der Waals surface area contributed by atoms with Crippen LogP contribution in [0.3, 0.4) is 0 Å². The maximum absolute atomic E-state index is 12.2. The van der Waals surface area contributed by atoms with Gasteiger partial charge in [0.1, 0.15) is 6.04 Å². The van der Waals surface area contributed by atoms with Crippen LogP contribution in [0.4, 0.5) is 5.69 Å². The molecule has 21 heavy (non-hydrogen) atoms. The Morgan fingerprint density at radius 1 is 1.62 bits per heavy atom. The zero-order chi connectivity index (χ0) is 15.4. The van der Waals surface area contributed by atoms with Crippen LogP contribution in [0.2, 0.25) is 0 Å². The first-order valence-electron chi connectivity index (χ1n) is 7.14. The fourth-order valence-corrected chi connectivity index (χ4v) is 3.15. The number of ether oxygens (including phenoxy) is 1. The Bertz CT molecular complexity index is 508. The molecule has 0 spiro atoms. The van der Waals surface area contributed by atoms with Crippen molar-refractivity contribution in [3.8, 4) is 0 Å². The molecule has 2 N–H and O–H groups in total. The maximum Gasteiger partial charge on any atom is 0.245 e. The second-order valence-electron chi connectivity index (χ2n) is 5.06. The Morgan fingerprint density at radius 2 is 2.38 bits per heavy atom. The number of nitrogens with one attached hydrogen (secondary N) is 1. The zero-order valence-corrected chi connectivity index (χ0v) is 13.9. The van der Waals surface area contributed by atoms with Gasteiger partial charge in [-0.05, 0) is 31.5 Å². The number of nitrogens with zero attached hydrogens (tertiary/aromatic N) is 1. The second-order valence-corrected chi connectivity index (χ2v) is 5.91. The van der Waals surface area contributed by atoms with Crippen LogP contribution in [0.25, 0.3) is 0 Å². The van der Waals surface area contributed by atoms with E-state index >= 15 is 0 Å². The molecular weight excluding hydrogens is 336 g/mol. The lowest BCUT2D eigenvalue weighted by atomic mass is 10.1. The summed E-state index contributed by atoms with van der Waals surface area (Å²) in [6, 6.07) is 5.45. The molecule has 1 aromatic carbocycles. The van der Waals surface area contributed by atoms with Crippen LogP contribution in [0.1, 0.15) is 25.5 Å². The number of hydrogen-bond acceptors (Lipinski definition) is 4. The molecule has 1 aromatic rings. The summed E-state index contributed by atoms with van der Waals surface area (Å²) in [5.74, 6) is -0.0204. The third kappa shape index (κ3) is 3.75. The normalized spacial score (nSPS) is 20.2. The highest BCUT2D eigenvalue weighted by Gasteiger charge is 2.29. The summed E-state index contributed by atoms with van der Waals surface area (Å²) in [4.78, 5) is 14.2. The number of rotatable bonds is 4. The Hall–Kier alpha value is -1.11. The van der Waals surface area contributed by atoms with Crippen LogP contribution in [0.5, 0.6) is 0 Å². The van der Waals surface area contributed by atoms with E-state index in [-0.39, 0.29) is 11.9 Å². The maximum atomic E-state index is 12.2. The van der Waals surface area contributed by atoms with E-state index in [0.29, 0.717) is 26.3 Å². The standard InChI is InChI=1S/C15H21BrN2O3/c1-3-17-15(20)14-9-21-7-6-18(14)11-4-5-12(10(2)19)13(16)8-11/h4-5,8,10,14,19H,3,6-7,9H2,1-2H3,(H,17,20). The smallest absolute Gasteiger partial charge is 0.245 e. The highest BCUT2D eigenvalue weighted by molar-refractivity contribution is 9.10. The lowest BCUT2D eigenvalue weighted by Crippen LogP contribution is -2.54. The van der Waals surface area contributed by atoms with Crippen LogP contribution >= 0.6 is 15.9 Å². The van der Waals surface area contributed by atoms with Gasteiger partial charge in [0.05, 0.1) is 19.3 Å². The molecule has 1 aliphatic heterocycles. The molecule has 0 aliphatic carbocycles. The number of aliphatic hydroxyl groups excluding tert-OH is 1. The van der Waals surface area contributed by atoms with Crippen LogP contribution in [-0.2, 0) is 9.53 Å². The van der Waals surface area contributed by atoms with Crippen molar-refractivity contribution >= 4 is 27.5 Å². The Kier molecular flexibility index (Phi) is 5.61. The highest BCUT2D eigenvalue weighted by Crippen LogP contribution is 2.29. The van der Waals surface area contributed by atoms with Gasteiger partial charge in [-0.15, -0.1) is 0 Å². The van der Waals surface area contributed by atoms with E-state index < -0.39 is 6.10 Å². The third-order valence-electron chi connectivity index (χ3n) is 3.55. The van der Waals surface area contributed by atoms with Crippen molar-refractivity contribution in [3.05, 3.63) is 28.2 Å². The first-order chi connectivity index (χ1) is 10.0. The molecular formula is C15H21BrN2O3. The van der Waals surface area contributed by atoms with Crippen LogP contribution < -0.4 is 10.2 Å². The molecule has 2 unspecified atom stereocenters. The molecule has 116 valence electrons. The average Bonchev–Trinajstić information content (AvgIpc) is 2.47. The quantitative estimate of drug-likeness (QED) is 0.863. The van der Waals surface area contributed by atoms with Gasteiger partial charge < -0.3 is 20.1 Å². The van der Waals surface area contributed by atoms with Crippen LogP contribution in [-0.4, -0.2) is 43.4 Å². The number of benzene rings is 1. The summed E-state index contributed by atoms with van der Waals surface area (Å²) in [5, 5.41) is 12.5. The van der Waals surface area contributed by atoms with Crippen molar-refractivity contribution in [1.29, 1.82) is 0 Å². The van der Waals surface area contributed by atoms with Gasteiger partial charge in [0.2, 0.25) is 5.91 Å². The number of carbonyl (C=O) groups excluding carboxylic acids is 1. The van der Waals surface area contributed by atoms with Crippen LogP contribution in [0.15, 0.2) is 22.7 Å². The summed E-state index contributed by atoms with van der Waals surface area (Å²) in [6.07, 6.45) is -0.530. The minimum Gasteiger partial charge on any atom is -0.389 e. The topological polar surface area (TPSA) is 61.8 Å². The zero-order valence-electron chi connectivity index (χ0n) is 12.3. The Labute approximate surface area is 133 Å². The minimum atomic E-state index is -0.530. The number of amides is 1. The lowest BCUT2D eigenvalue weighted by Gasteiger charge is -2.36. The van der Waals surface area contributed by atoms with Crippen molar-refractivity contribution in [1.82, 2.24) is 5.32 Å². The monoisotopic (exact) mass is 356 g/mol. The molecule has 2 atom stereocenters. The SMILES string of the molecule is CCNC(=O)C1COCCN1c1ccc(C(C)O)c(Br)c1. The van der Waals surface area contributed by atoms with E-state index in [0.717, 1.165) is 15.7 Å². The lowest BCUT2D eigenvalue weighted by molar-refractivity contribution is -0.124. The van der Waals surface area contributed by atoms with Crippen molar-refractivity contribution in [3.63, 3.8) is 0 Å². The molecule has 6 heteroatoms. The van der Waals surface area contributed by atoms with Gasteiger partial charge in [-0.1, -0.05) is 22.0 Å². The number of hydrogen-bond donors (Lipinski definition) is 2. The molecule has 5 nitrogen and oxygen atoms in total. The number of halogens is 1. The Balaban J connectivity index is 2.25.